The van der Waals surface area contributed by atoms with Crippen LogP contribution in [0.15, 0.2) is 36.5 Å². The molecule has 0 atom stereocenters. The van der Waals surface area contributed by atoms with Crippen LogP contribution in [-0.2, 0) is 20.0 Å². The number of hydrogen-bond acceptors (Lipinski definition) is 3. The number of amides is 1. The molecule has 0 aliphatic carbocycles. The van der Waals surface area contributed by atoms with Crippen LogP contribution in [-0.4, -0.2) is 29.3 Å². The summed E-state index contributed by atoms with van der Waals surface area (Å²) in [4.78, 5) is 12.3. The van der Waals surface area contributed by atoms with E-state index >= 15 is 0 Å². The number of carbonyl (C=O) groups excluding carboxylic acids is 1. The molecule has 5 nitrogen and oxygen atoms in total. The van der Waals surface area contributed by atoms with Crippen molar-refractivity contribution >= 4 is 5.91 Å². The van der Waals surface area contributed by atoms with E-state index in [0.717, 1.165) is 29.8 Å². The van der Waals surface area contributed by atoms with Gasteiger partial charge in [-0.25, -0.2) is 0 Å². The Hall–Kier alpha value is -2.14. The van der Waals surface area contributed by atoms with Gasteiger partial charge >= 0.3 is 0 Å². The summed E-state index contributed by atoms with van der Waals surface area (Å²) in [5.74, 6) is -0.0436. The van der Waals surface area contributed by atoms with Crippen molar-refractivity contribution in [3.05, 3.63) is 53.3 Å². The average molecular weight is 272 g/mol. The molecular weight excluding hydrogens is 252 g/mol. The van der Waals surface area contributed by atoms with E-state index in [1.54, 1.807) is 10.9 Å². The molecule has 0 aliphatic rings. The highest BCUT2D eigenvalue weighted by Crippen LogP contribution is 2.09. The summed E-state index contributed by atoms with van der Waals surface area (Å²) in [7, 11) is 3.77. The van der Waals surface area contributed by atoms with E-state index < -0.39 is 0 Å². The van der Waals surface area contributed by atoms with Gasteiger partial charge in [-0.2, -0.15) is 5.10 Å². The minimum Gasteiger partial charge on any atom is -0.346 e. The van der Waals surface area contributed by atoms with E-state index in [2.05, 4.69) is 15.7 Å². The summed E-state index contributed by atoms with van der Waals surface area (Å²) < 4.78 is 1.76. The van der Waals surface area contributed by atoms with Crippen molar-refractivity contribution in [1.29, 1.82) is 0 Å². The molecule has 2 rings (SSSR count). The van der Waals surface area contributed by atoms with Crippen molar-refractivity contribution < 1.29 is 4.79 Å². The topological polar surface area (TPSA) is 59.0 Å². The Labute approximate surface area is 119 Å². The summed E-state index contributed by atoms with van der Waals surface area (Å²) in [5, 5.41) is 10.1. The van der Waals surface area contributed by atoms with Crippen molar-refractivity contribution in [2.45, 2.75) is 13.0 Å². The highest BCUT2D eigenvalue weighted by atomic mass is 16.1. The third-order valence-corrected chi connectivity index (χ3v) is 3.26. The third kappa shape index (κ3) is 3.45. The standard InChI is InChI=1S/C15H20N4O/c1-16-9-7-12-5-3-4-6-14(12)15(20)17-11-13-8-10-18-19(13)2/h3-6,8,10,16H,7,9,11H2,1-2H3,(H,17,20). The monoisotopic (exact) mass is 272 g/mol. The molecule has 106 valence electrons. The Bertz CT molecular complexity index is 577. The molecule has 0 saturated heterocycles. The molecule has 1 aromatic heterocycles. The van der Waals surface area contributed by atoms with Gasteiger partial charge in [0.15, 0.2) is 0 Å². The molecule has 5 heteroatoms. The molecule has 1 heterocycles. The van der Waals surface area contributed by atoms with Gasteiger partial charge in [0.2, 0.25) is 0 Å². The van der Waals surface area contributed by atoms with Crippen LogP contribution in [0.4, 0.5) is 0 Å². The zero-order valence-corrected chi connectivity index (χ0v) is 11.9. The normalized spacial score (nSPS) is 10.5. The van der Waals surface area contributed by atoms with Gasteiger partial charge in [-0.05, 0) is 37.7 Å². The van der Waals surface area contributed by atoms with E-state index in [4.69, 9.17) is 0 Å². The number of carbonyl (C=O) groups is 1. The fraction of sp³-hybridized carbons (Fsp3) is 0.333. The third-order valence-electron chi connectivity index (χ3n) is 3.26. The zero-order valence-electron chi connectivity index (χ0n) is 11.9. The first-order valence-electron chi connectivity index (χ1n) is 6.70. The van der Waals surface area contributed by atoms with Crippen LogP contribution in [0.25, 0.3) is 0 Å². The van der Waals surface area contributed by atoms with Gasteiger partial charge in [-0.15, -0.1) is 0 Å². The van der Waals surface area contributed by atoms with Crippen molar-refractivity contribution in [1.82, 2.24) is 20.4 Å². The highest BCUT2D eigenvalue weighted by Gasteiger charge is 2.10. The van der Waals surface area contributed by atoms with Gasteiger partial charge in [-0.3, -0.25) is 9.48 Å². The molecule has 0 saturated carbocycles. The highest BCUT2D eigenvalue weighted by molar-refractivity contribution is 5.95. The van der Waals surface area contributed by atoms with Crippen molar-refractivity contribution in [2.24, 2.45) is 7.05 Å². The smallest absolute Gasteiger partial charge is 0.251 e. The Kier molecular flexibility index (Phi) is 4.90. The molecule has 0 unspecified atom stereocenters. The molecule has 0 fully saturated rings. The van der Waals surface area contributed by atoms with Crippen LogP contribution < -0.4 is 10.6 Å². The van der Waals surface area contributed by atoms with Crippen molar-refractivity contribution in [3.63, 3.8) is 0 Å². The number of aryl methyl sites for hydroxylation is 1. The lowest BCUT2D eigenvalue weighted by molar-refractivity contribution is 0.0949. The number of hydrogen-bond donors (Lipinski definition) is 2. The molecule has 2 N–H and O–H groups in total. The number of likely N-dealkylation sites (N-methyl/N-ethyl adjacent to an activating group) is 1. The summed E-state index contributed by atoms with van der Waals surface area (Å²) in [6.07, 6.45) is 2.56. The van der Waals surface area contributed by atoms with E-state index in [0.29, 0.717) is 6.54 Å². The summed E-state index contributed by atoms with van der Waals surface area (Å²) >= 11 is 0. The summed E-state index contributed by atoms with van der Waals surface area (Å²) in [5.41, 5.74) is 2.78. The Balaban J connectivity index is 2.03. The van der Waals surface area contributed by atoms with Gasteiger partial charge < -0.3 is 10.6 Å². The van der Waals surface area contributed by atoms with E-state index in [-0.39, 0.29) is 5.91 Å². The van der Waals surface area contributed by atoms with Crippen molar-refractivity contribution in [3.8, 4) is 0 Å². The Morgan fingerprint density at radius 1 is 1.30 bits per heavy atom. The Morgan fingerprint density at radius 2 is 2.10 bits per heavy atom. The first-order valence-corrected chi connectivity index (χ1v) is 6.70. The summed E-state index contributed by atoms with van der Waals surface area (Å²) in [6, 6.07) is 9.61. The van der Waals surface area contributed by atoms with Gasteiger partial charge in [0.05, 0.1) is 12.2 Å². The second kappa shape index (κ2) is 6.86. The molecule has 0 bridgehead atoms. The first-order chi connectivity index (χ1) is 9.72. The average Bonchev–Trinajstić information content (AvgIpc) is 2.88. The lowest BCUT2D eigenvalue weighted by atomic mass is 10.0. The van der Waals surface area contributed by atoms with Crippen LogP contribution >= 0.6 is 0 Å². The molecule has 20 heavy (non-hydrogen) atoms. The fourth-order valence-electron chi connectivity index (χ4n) is 2.06. The van der Waals surface area contributed by atoms with Gasteiger partial charge in [0, 0.05) is 18.8 Å². The fourth-order valence-corrected chi connectivity index (χ4v) is 2.06. The number of nitrogens with one attached hydrogen (secondary N) is 2. The van der Waals surface area contributed by atoms with E-state index in [1.807, 2.05) is 44.4 Å². The number of nitrogens with zero attached hydrogens (tertiary/aromatic N) is 2. The maximum atomic E-state index is 12.3. The maximum Gasteiger partial charge on any atom is 0.251 e. The molecule has 1 aromatic carbocycles. The predicted molar refractivity (Wildman–Crippen MR) is 78.5 cm³/mol. The van der Waals surface area contributed by atoms with Crippen LogP contribution in [0.1, 0.15) is 21.6 Å². The zero-order chi connectivity index (χ0) is 14.4. The number of benzene rings is 1. The summed E-state index contributed by atoms with van der Waals surface area (Å²) in [6.45, 7) is 1.34. The molecule has 0 radical (unpaired) electrons. The second-order valence-electron chi connectivity index (χ2n) is 4.64. The van der Waals surface area contributed by atoms with E-state index in [9.17, 15) is 4.79 Å². The lowest BCUT2D eigenvalue weighted by Crippen LogP contribution is -2.25. The van der Waals surface area contributed by atoms with Gasteiger partial charge in [0.1, 0.15) is 0 Å². The minimum atomic E-state index is -0.0436. The molecular formula is C15H20N4O. The van der Waals surface area contributed by atoms with Crippen LogP contribution in [0.5, 0.6) is 0 Å². The predicted octanol–water partition coefficient (Wildman–Crippen LogP) is 1.11. The van der Waals surface area contributed by atoms with Crippen LogP contribution in [0.3, 0.4) is 0 Å². The second-order valence-corrected chi connectivity index (χ2v) is 4.64. The van der Waals surface area contributed by atoms with E-state index in [1.165, 1.54) is 0 Å². The van der Waals surface area contributed by atoms with Crippen LogP contribution in [0.2, 0.25) is 0 Å². The van der Waals surface area contributed by atoms with Gasteiger partial charge in [0.25, 0.3) is 5.91 Å². The quantitative estimate of drug-likeness (QED) is 0.828. The number of aromatic nitrogens is 2. The van der Waals surface area contributed by atoms with Gasteiger partial charge in [-0.1, -0.05) is 18.2 Å². The lowest BCUT2D eigenvalue weighted by Gasteiger charge is -2.10. The van der Waals surface area contributed by atoms with Crippen molar-refractivity contribution in [2.75, 3.05) is 13.6 Å². The molecule has 0 aliphatic heterocycles. The molecule has 0 spiro atoms. The Morgan fingerprint density at radius 3 is 2.80 bits per heavy atom. The molecule has 2 aromatic rings. The largest absolute Gasteiger partial charge is 0.346 e. The minimum absolute atomic E-state index is 0.0436. The maximum absolute atomic E-state index is 12.3. The van der Waals surface area contributed by atoms with Crippen LogP contribution in [0, 0.1) is 0 Å². The SMILES string of the molecule is CNCCc1ccccc1C(=O)NCc1ccnn1C. The number of rotatable bonds is 6. The molecule has 1 amide bonds. The first kappa shape index (κ1) is 14.3.